The Kier molecular flexibility index (Phi) is 3.22. The topological polar surface area (TPSA) is 35.2 Å². The SMILES string of the molecule is COc1cc(F)c(Br)c(C2(N)CCCC2)c1. The van der Waals surface area contributed by atoms with E-state index in [0.29, 0.717) is 10.2 Å². The van der Waals surface area contributed by atoms with Gasteiger partial charge < -0.3 is 10.5 Å². The summed E-state index contributed by atoms with van der Waals surface area (Å²) >= 11 is 3.28. The van der Waals surface area contributed by atoms with Gasteiger partial charge in [-0.15, -0.1) is 0 Å². The van der Waals surface area contributed by atoms with Crippen LogP contribution >= 0.6 is 15.9 Å². The lowest BCUT2D eigenvalue weighted by molar-refractivity contribution is 0.402. The second kappa shape index (κ2) is 4.34. The fraction of sp³-hybridized carbons (Fsp3) is 0.500. The van der Waals surface area contributed by atoms with Gasteiger partial charge in [0.1, 0.15) is 11.6 Å². The van der Waals surface area contributed by atoms with Gasteiger partial charge in [-0.1, -0.05) is 12.8 Å². The zero-order valence-electron chi connectivity index (χ0n) is 9.22. The summed E-state index contributed by atoms with van der Waals surface area (Å²) in [6.07, 6.45) is 4.00. The lowest BCUT2D eigenvalue weighted by Gasteiger charge is -2.26. The van der Waals surface area contributed by atoms with E-state index in [4.69, 9.17) is 10.5 Å². The number of ether oxygens (including phenoxy) is 1. The zero-order chi connectivity index (χ0) is 11.8. The second-order valence-electron chi connectivity index (χ2n) is 4.33. The van der Waals surface area contributed by atoms with Gasteiger partial charge in [-0.05, 0) is 40.4 Å². The van der Waals surface area contributed by atoms with Gasteiger partial charge in [0, 0.05) is 11.6 Å². The molecule has 1 aromatic rings. The summed E-state index contributed by atoms with van der Waals surface area (Å²) in [7, 11) is 1.53. The number of nitrogens with two attached hydrogens (primary N) is 1. The highest BCUT2D eigenvalue weighted by atomic mass is 79.9. The van der Waals surface area contributed by atoms with Gasteiger partial charge in [-0.2, -0.15) is 0 Å². The molecule has 0 atom stereocenters. The van der Waals surface area contributed by atoms with Gasteiger partial charge in [-0.3, -0.25) is 0 Å². The van der Waals surface area contributed by atoms with E-state index in [1.165, 1.54) is 13.2 Å². The summed E-state index contributed by atoms with van der Waals surface area (Å²) < 4.78 is 19.2. The van der Waals surface area contributed by atoms with Crippen LogP contribution in [0.3, 0.4) is 0 Å². The molecular weight excluding hydrogens is 273 g/mol. The number of hydrogen-bond acceptors (Lipinski definition) is 2. The standard InChI is InChI=1S/C12H15BrFNO/c1-16-8-6-9(11(13)10(14)7-8)12(15)4-2-3-5-12/h6-7H,2-5,15H2,1H3. The first-order valence-corrected chi connectivity index (χ1v) is 6.18. The molecule has 2 N–H and O–H groups in total. The van der Waals surface area contributed by atoms with Gasteiger partial charge >= 0.3 is 0 Å². The quantitative estimate of drug-likeness (QED) is 0.906. The maximum Gasteiger partial charge on any atom is 0.141 e. The summed E-state index contributed by atoms with van der Waals surface area (Å²) in [6, 6.07) is 3.20. The van der Waals surface area contributed by atoms with Crippen molar-refractivity contribution in [2.75, 3.05) is 7.11 Å². The van der Waals surface area contributed by atoms with E-state index in [0.717, 1.165) is 31.2 Å². The third-order valence-corrected chi connectivity index (χ3v) is 4.08. The molecule has 1 aliphatic rings. The highest BCUT2D eigenvalue weighted by molar-refractivity contribution is 9.10. The second-order valence-corrected chi connectivity index (χ2v) is 5.13. The Morgan fingerprint density at radius 2 is 2.00 bits per heavy atom. The van der Waals surface area contributed by atoms with Crippen LogP contribution in [0.1, 0.15) is 31.2 Å². The molecule has 1 saturated carbocycles. The molecule has 2 nitrogen and oxygen atoms in total. The van der Waals surface area contributed by atoms with Gasteiger partial charge in [0.25, 0.3) is 0 Å². The average molecular weight is 288 g/mol. The molecule has 16 heavy (non-hydrogen) atoms. The minimum absolute atomic E-state index is 0.314. The average Bonchev–Trinajstić information content (AvgIpc) is 2.70. The Hall–Kier alpha value is -0.610. The number of methoxy groups -OCH3 is 1. The number of halogens is 2. The van der Waals surface area contributed by atoms with Crippen LogP contribution in [0.15, 0.2) is 16.6 Å². The summed E-state index contributed by atoms with van der Waals surface area (Å²) in [5.41, 5.74) is 6.73. The van der Waals surface area contributed by atoms with Crippen molar-refractivity contribution in [3.8, 4) is 5.75 Å². The van der Waals surface area contributed by atoms with Crippen molar-refractivity contribution in [3.05, 3.63) is 28.0 Å². The fourth-order valence-electron chi connectivity index (χ4n) is 2.32. The summed E-state index contributed by atoms with van der Waals surface area (Å²) in [4.78, 5) is 0. The van der Waals surface area contributed by atoms with E-state index in [9.17, 15) is 4.39 Å². The van der Waals surface area contributed by atoms with Gasteiger partial charge in [0.2, 0.25) is 0 Å². The maximum atomic E-state index is 13.7. The third kappa shape index (κ3) is 1.96. The van der Waals surface area contributed by atoms with Crippen molar-refractivity contribution >= 4 is 15.9 Å². The fourth-order valence-corrected chi connectivity index (χ4v) is 2.94. The largest absolute Gasteiger partial charge is 0.497 e. The van der Waals surface area contributed by atoms with Crippen LogP contribution in [0, 0.1) is 5.82 Å². The smallest absolute Gasteiger partial charge is 0.141 e. The van der Waals surface area contributed by atoms with Crippen LogP contribution < -0.4 is 10.5 Å². The molecule has 0 unspecified atom stereocenters. The maximum absolute atomic E-state index is 13.7. The van der Waals surface area contributed by atoms with Crippen molar-refractivity contribution in [2.45, 2.75) is 31.2 Å². The van der Waals surface area contributed by atoms with Crippen molar-refractivity contribution in [2.24, 2.45) is 5.73 Å². The molecule has 88 valence electrons. The molecule has 0 bridgehead atoms. The molecule has 4 heteroatoms. The van der Waals surface area contributed by atoms with Crippen LogP contribution in [0.4, 0.5) is 4.39 Å². The van der Waals surface area contributed by atoms with E-state index in [-0.39, 0.29) is 5.82 Å². The highest BCUT2D eigenvalue weighted by Crippen LogP contribution is 2.41. The minimum atomic E-state index is -0.409. The van der Waals surface area contributed by atoms with Crippen molar-refractivity contribution < 1.29 is 9.13 Å². The molecule has 1 aromatic carbocycles. The first-order chi connectivity index (χ1) is 7.57. The molecule has 0 aliphatic heterocycles. The summed E-state index contributed by atoms with van der Waals surface area (Å²) in [5, 5.41) is 0. The van der Waals surface area contributed by atoms with Crippen LogP contribution in [-0.4, -0.2) is 7.11 Å². The van der Waals surface area contributed by atoms with Crippen molar-refractivity contribution in [1.82, 2.24) is 0 Å². The van der Waals surface area contributed by atoms with E-state index in [2.05, 4.69) is 15.9 Å². The van der Waals surface area contributed by atoms with Crippen LogP contribution in [0.5, 0.6) is 5.75 Å². The van der Waals surface area contributed by atoms with Gasteiger partial charge in [0.05, 0.1) is 11.6 Å². The minimum Gasteiger partial charge on any atom is -0.497 e. The molecule has 0 amide bonds. The van der Waals surface area contributed by atoms with E-state index < -0.39 is 5.54 Å². The van der Waals surface area contributed by atoms with Gasteiger partial charge in [0.15, 0.2) is 0 Å². The molecular formula is C12H15BrFNO. The predicted molar refractivity (Wildman–Crippen MR) is 65.0 cm³/mol. The predicted octanol–water partition coefficient (Wildman–Crippen LogP) is 3.32. The Balaban J connectivity index is 2.50. The zero-order valence-corrected chi connectivity index (χ0v) is 10.8. The van der Waals surface area contributed by atoms with Crippen LogP contribution in [0.25, 0.3) is 0 Å². The molecule has 0 saturated heterocycles. The Bertz CT molecular complexity index is 402. The Labute approximate surface area is 103 Å². The summed E-state index contributed by atoms with van der Waals surface area (Å²) in [6.45, 7) is 0. The summed E-state index contributed by atoms with van der Waals surface area (Å²) in [5.74, 6) is 0.207. The lowest BCUT2D eigenvalue weighted by Crippen LogP contribution is -2.33. The molecule has 0 heterocycles. The van der Waals surface area contributed by atoms with E-state index >= 15 is 0 Å². The molecule has 0 aromatic heterocycles. The molecule has 1 aliphatic carbocycles. The highest BCUT2D eigenvalue weighted by Gasteiger charge is 2.34. The van der Waals surface area contributed by atoms with Crippen LogP contribution in [0.2, 0.25) is 0 Å². The van der Waals surface area contributed by atoms with Crippen molar-refractivity contribution in [3.63, 3.8) is 0 Å². The van der Waals surface area contributed by atoms with E-state index in [1.54, 1.807) is 0 Å². The monoisotopic (exact) mass is 287 g/mol. The van der Waals surface area contributed by atoms with Crippen LogP contribution in [-0.2, 0) is 5.54 Å². The molecule has 0 radical (unpaired) electrons. The lowest BCUT2D eigenvalue weighted by atomic mass is 9.89. The number of benzene rings is 1. The van der Waals surface area contributed by atoms with Gasteiger partial charge in [-0.25, -0.2) is 4.39 Å². The first-order valence-electron chi connectivity index (χ1n) is 5.39. The van der Waals surface area contributed by atoms with E-state index in [1.807, 2.05) is 6.07 Å². The normalized spacial score (nSPS) is 18.8. The molecule has 0 spiro atoms. The van der Waals surface area contributed by atoms with Crippen molar-refractivity contribution in [1.29, 1.82) is 0 Å². The number of hydrogen-bond donors (Lipinski definition) is 1. The number of rotatable bonds is 2. The first kappa shape index (κ1) is 11.9. The Morgan fingerprint density at radius 3 is 2.56 bits per heavy atom. The molecule has 1 fully saturated rings. The third-order valence-electron chi connectivity index (χ3n) is 3.27. The molecule has 2 rings (SSSR count). The Morgan fingerprint density at radius 1 is 1.38 bits per heavy atom.